The van der Waals surface area contributed by atoms with Crippen LogP contribution in [0.3, 0.4) is 0 Å². The van der Waals surface area contributed by atoms with Crippen LogP contribution in [0.1, 0.15) is 16.8 Å². The lowest BCUT2D eigenvalue weighted by molar-refractivity contribution is 0.0984. The first-order chi connectivity index (χ1) is 7.10. The summed E-state index contributed by atoms with van der Waals surface area (Å²) in [5, 5.41) is 9.34. The Morgan fingerprint density at radius 2 is 2.27 bits per heavy atom. The van der Waals surface area contributed by atoms with Gasteiger partial charge in [0.05, 0.1) is 7.11 Å². The molecule has 5 heteroatoms. The molecule has 0 radical (unpaired) electrons. The molecule has 0 aliphatic rings. The number of aromatic hydroxyl groups is 1. The summed E-state index contributed by atoms with van der Waals surface area (Å²) < 4.78 is 17.9. The van der Waals surface area contributed by atoms with Crippen molar-refractivity contribution in [2.24, 2.45) is 5.73 Å². The molecule has 0 atom stereocenters. The van der Waals surface area contributed by atoms with E-state index in [9.17, 15) is 14.3 Å². The number of phenols is 1. The minimum absolute atomic E-state index is 0.0938. The van der Waals surface area contributed by atoms with E-state index in [2.05, 4.69) is 4.74 Å². The van der Waals surface area contributed by atoms with Gasteiger partial charge in [0, 0.05) is 12.0 Å². The van der Waals surface area contributed by atoms with E-state index in [0.717, 1.165) is 6.07 Å². The highest BCUT2D eigenvalue weighted by Crippen LogP contribution is 2.30. The smallest absolute Gasteiger partial charge is 0.196 e. The van der Waals surface area contributed by atoms with Crippen molar-refractivity contribution in [2.45, 2.75) is 6.42 Å². The van der Waals surface area contributed by atoms with E-state index < -0.39 is 11.6 Å². The van der Waals surface area contributed by atoms with Crippen molar-refractivity contribution in [3.63, 3.8) is 0 Å². The number of halogens is 1. The number of phenolic OH excluding ortho intramolecular Hbond substituents is 1. The van der Waals surface area contributed by atoms with E-state index in [-0.39, 0.29) is 30.1 Å². The van der Waals surface area contributed by atoms with Crippen molar-refractivity contribution < 1.29 is 19.0 Å². The zero-order chi connectivity index (χ0) is 11.4. The van der Waals surface area contributed by atoms with Crippen molar-refractivity contribution in [3.8, 4) is 11.5 Å². The second kappa shape index (κ2) is 4.75. The fourth-order valence-corrected chi connectivity index (χ4v) is 1.22. The maximum atomic E-state index is 13.2. The van der Waals surface area contributed by atoms with Crippen molar-refractivity contribution in [3.05, 3.63) is 23.5 Å². The molecule has 0 bridgehead atoms. The Balaban J connectivity index is 3.08. The average molecular weight is 213 g/mol. The third-order valence-corrected chi connectivity index (χ3v) is 1.92. The second-order valence-electron chi connectivity index (χ2n) is 2.97. The van der Waals surface area contributed by atoms with Crippen LogP contribution in [0, 0.1) is 5.82 Å². The van der Waals surface area contributed by atoms with Crippen LogP contribution < -0.4 is 10.5 Å². The molecule has 0 aliphatic carbocycles. The third-order valence-electron chi connectivity index (χ3n) is 1.92. The largest absolute Gasteiger partial charge is 0.504 e. The van der Waals surface area contributed by atoms with Crippen LogP contribution >= 0.6 is 0 Å². The average Bonchev–Trinajstić information content (AvgIpc) is 2.17. The Morgan fingerprint density at radius 3 is 2.73 bits per heavy atom. The Bertz CT molecular complexity index is 356. The van der Waals surface area contributed by atoms with Crippen LogP contribution in [-0.4, -0.2) is 24.5 Å². The van der Waals surface area contributed by atoms with Crippen molar-refractivity contribution in [1.82, 2.24) is 0 Å². The van der Waals surface area contributed by atoms with Gasteiger partial charge in [-0.15, -0.1) is 0 Å². The Labute approximate surface area is 86.5 Å². The molecule has 82 valence electrons. The summed E-state index contributed by atoms with van der Waals surface area (Å²) >= 11 is 0. The predicted octanol–water partition coefficient (Wildman–Crippen LogP) is 1.07. The topological polar surface area (TPSA) is 72.5 Å². The molecule has 0 spiro atoms. The van der Waals surface area contributed by atoms with Gasteiger partial charge in [0.15, 0.2) is 23.1 Å². The van der Waals surface area contributed by atoms with Gasteiger partial charge in [-0.25, -0.2) is 4.39 Å². The summed E-state index contributed by atoms with van der Waals surface area (Å²) in [5.41, 5.74) is 5.29. The van der Waals surface area contributed by atoms with Gasteiger partial charge in [0.2, 0.25) is 0 Å². The van der Waals surface area contributed by atoms with Crippen molar-refractivity contribution in [2.75, 3.05) is 13.7 Å². The second-order valence-corrected chi connectivity index (χ2v) is 2.97. The quantitative estimate of drug-likeness (QED) is 0.734. The number of rotatable bonds is 4. The third kappa shape index (κ3) is 2.44. The fraction of sp³-hybridized carbons (Fsp3) is 0.300. The fourth-order valence-electron chi connectivity index (χ4n) is 1.22. The van der Waals surface area contributed by atoms with E-state index >= 15 is 0 Å². The number of hydrogen-bond donors (Lipinski definition) is 2. The van der Waals surface area contributed by atoms with Crippen LogP contribution in [-0.2, 0) is 0 Å². The van der Waals surface area contributed by atoms with E-state index in [1.807, 2.05) is 0 Å². The van der Waals surface area contributed by atoms with Gasteiger partial charge in [0.25, 0.3) is 0 Å². The number of carbonyl (C=O) groups is 1. The summed E-state index contributed by atoms with van der Waals surface area (Å²) in [5.74, 6) is -1.73. The highest BCUT2D eigenvalue weighted by Gasteiger charge is 2.14. The lowest BCUT2D eigenvalue weighted by atomic mass is 10.1. The van der Waals surface area contributed by atoms with Crippen LogP contribution in [0.2, 0.25) is 0 Å². The zero-order valence-corrected chi connectivity index (χ0v) is 8.29. The molecule has 0 saturated carbocycles. The summed E-state index contributed by atoms with van der Waals surface area (Å²) in [4.78, 5) is 11.4. The molecular formula is C10H12FNO3. The molecule has 0 unspecified atom stereocenters. The highest BCUT2D eigenvalue weighted by molar-refractivity contribution is 5.96. The predicted molar refractivity (Wildman–Crippen MR) is 52.6 cm³/mol. The van der Waals surface area contributed by atoms with Gasteiger partial charge in [-0.05, 0) is 18.7 Å². The minimum Gasteiger partial charge on any atom is -0.504 e. The van der Waals surface area contributed by atoms with Crippen LogP contribution in [0.4, 0.5) is 4.39 Å². The number of ketones is 1. The first-order valence-corrected chi connectivity index (χ1v) is 4.40. The number of Topliss-reactive ketones (excluding diaryl/α,β-unsaturated/α-hetero) is 1. The molecule has 4 nitrogen and oxygen atoms in total. The highest BCUT2D eigenvalue weighted by atomic mass is 19.1. The van der Waals surface area contributed by atoms with E-state index in [0.29, 0.717) is 0 Å². The molecule has 1 rings (SSSR count). The maximum Gasteiger partial charge on any atom is 0.196 e. The standard InChI is InChI=1S/C10H12FNO3/c1-15-10-7(11)4-6(5-9(10)14)8(13)2-3-12/h4-5,14H,2-3,12H2,1H3. The molecule has 15 heavy (non-hydrogen) atoms. The van der Waals surface area contributed by atoms with E-state index in [1.165, 1.54) is 13.2 Å². The van der Waals surface area contributed by atoms with Crippen molar-refractivity contribution in [1.29, 1.82) is 0 Å². The molecule has 0 aromatic heterocycles. The van der Waals surface area contributed by atoms with Gasteiger partial charge in [0.1, 0.15) is 0 Å². The molecule has 0 saturated heterocycles. The maximum absolute atomic E-state index is 13.2. The van der Waals surface area contributed by atoms with Gasteiger partial charge in [-0.2, -0.15) is 0 Å². The Kier molecular flexibility index (Phi) is 3.62. The summed E-state index contributed by atoms with van der Waals surface area (Å²) in [7, 11) is 1.24. The summed E-state index contributed by atoms with van der Waals surface area (Å²) in [6.45, 7) is 0.188. The molecule has 1 aromatic carbocycles. The Hall–Kier alpha value is -1.62. The van der Waals surface area contributed by atoms with Crippen LogP contribution in [0.25, 0.3) is 0 Å². The first kappa shape index (κ1) is 11.5. The zero-order valence-electron chi connectivity index (χ0n) is 8.29. The number of methoxy groups -OCH3 is 1. The molecule has 3 N–H and O–H groups in total. The molecule has 1 aromatic rings. The SMILES string of the molecule is COc1c(O)cc(C(=O)CCN)cc1F. The van der Waals surface area contributed by atoms with Crippen molar-refractivity contribution >= 4 is 5.78 Å². The van der Waals surface area contributed by atoms with Gasteiger partial charge in [-0.1, -0.05) is 0 Å². The summed E-state index contributed by atoms with van der Waals surface area (Å²) in [6, 6.07) is 2.19. The lowest BCUT2D eigenvalue weighted by Gasteiger charge is -2.06. The number of benzene rings is 1. The van der Waals surface area contributed by atoms with Gasteiger partial charge >= 0.3 is 0 Å². The number of ether oxygens (including phenoxy) is 1. The number of hydrogen-bond acceptors (Lipinski definition) is 4. The van der Waals surface area contributed by atoms with Gasteiger partial charge in [-0.3, -0.25) is 4.79 Å². The summed E-state index contributed by atoms with van der Waals surface area (Å²) in [6.07, 6.45) is 0.116. The van der Waals surface area contributed by atoms with Crippen LogP contribution in [0.5, 0.6) is 11.5 Å². The van der Waals surface area contributed by atoms with E-state index in [1.54, 1.807) is 0 Å². The number of carbonyl (C=O) groups excluding carboxylic acids is 1. The molecule has 0 heterocycles. The molecule has 0 fully saturated rings. The van der Waals surface area contributed by atoms with E-state index in [4.69, 9.17) is 5.73 Å². The monoisotopic (exact) mass is 213 g/mol. The Morgan fingerprint density at radius 1 is 1.60 bits per heavy atom. The van der Waals surface area contributed by atoms with Gasteiger partial charge < -0.3 is 15.6 Å². The first-order valence-electron chi connectivity index (χ1n) is 4.40. The molecule has 0 aliphatic heterocycles. The number of nitrogens with two attached hydrogens (primary N) is 1. The minimum atomic E-state index is -0.766. The normalized spacial score (nSPS) is 10.1. The lowest BCUT2D eigenvalue weighted by Crippen LogP contribution is -2.08. The molecule has 0 amide bonds. The van der Waals surface area contributed by atoms with Crippen LogP contribution in [0.15, 0.2) is 12.1 Å². The molecular weight excluding hydrogens is 201 g/mol.